The summed E-state index contributed by atoms with van der Waals surface area (Å²) in [5.74, 6) is -0.229. The highest BCUT2D eigenvalue weighted by atomic mass is 79.9. The number of hydrogen-bond acceptors (Lipinski definition) is 3. The fourth-order valence-electron chi connectivity index (χ4n) is 4.29. The number of carbonyl (C=O) groups is 1. The van der Waals surface area contributed by atoms with Crippen LogP contribution in [0.4, 0.5) is 13.2 Å². The second kappa shape index (κ2) is 14.9. The maximum Gasteiger partial charge on any atom is 0.417 e. The Kier molecular flexibility index (Phi) is 11.7. The van der Waals surface area contributed by atoms with E-state index < -0.39 is 11.7 Å². The van der Waals surface area contributed by atoms with Gasteiger partial charge in [-0.2, -0.15) is 13.2 Å². The Bertz CT molecular complexity index is 1170. The minimum atomic E-state index is -4.59. The molecule has 0 heterocycles. The van der Waals surface area contributed by atoms with Crippen molar-refractivity contribution in [3.05, 3.63) is 87.9 Å². The van der Waals surface area contributed by atoms with E-state index in [1.54, 1.807) is 0 Å². The van der Waals surface area contributed by atoms with Crippen LogP contribution < -0.4 is 10.1 Å². The van der Waals surface area contributed by atoms with E-state index in [0.29, 0.717) is 11.0 Å². The number of hydrogen-bond donors (Lipinski definition) is 2. The molecule has 0 aliphatic heterocycles. The second-order valence-electron chi connectivity index (χ2n) is 9.06. The number of ether oxygens (including phenoxy) is 1. The molecule has 0 saturated carbocycles. The van der Waals surface area contributed by atoms with Crippen molar-refractivity contribution in [1.82, 2.24) is 5.32 Å². The molecule has 0 aliphatic rings. The summed E-state index contributed by atoms with van der Waals surface area (Å²) in [6.07, 6.45) is 2.88. The summed E-state index contributed by atoms with van der Waals surface area (Å²) in [6, 6.07) is 18.5. The van der Waals surface area contributed by atoms with Crippen LogP contribution in [0.15, 0.2) is 71.2 Å². The first-order valence-electron chi connectivity index (χ1n) is 12.9. The van der Waals surface area contributed by atoms with Crippen LogP contribution >= 0.6 is 15.9 Å². The number of rotatable bonds is 14. The average molecular weight is 592 g/mol. The Morgan fingerprint density at radius 2 is 1.53 bits per heavy atom. The third-order valence-corrected chi connectivity index (χ3v) is 6.78. The number of benzene rings is 3. The minimum Gasteiger partial charge on any atom is -0.489 e. The summed E-state index contributed by atoms with van der Waals surface area (Å²) >= 11 is 3.34. The monoisotopic (exact) mass is 591 g/mol. The van der Waals surface area contributed by atoms with E-state index >= 15 is 0 Å². The van der Waals surface area contributed by atoms with Gasteiger partial charge in [-0.1, -0.05) is 74.2 Å². The van der Waals surface area contributed by atoms with E-state index in [1.165, 1.54) is 42.3 Å². The lowest BCUT2D eigenvalue weighted by Crippen LogP contribution is -2.24. The van der Waals surface area contributed by atoms with Crippen molar-refractivity contribution in [3.8, 4) is 16.9 Å². The lowest BCUT2D eigenvalue weighted by molar-refractivity contribution is -0.137. The van der Waals surface area contributed by atoms with Crippen molar-refractivity contribution in [2.75, 3.05) is 19.8 Å². The molecule has 0 bridgehead atoms. The van der Waals surface area contributed by atoms with E-state index in [-0.39, 0.29) is 41.6 Å². The third kappa shape index (κ3) is 8.88. The van der Waals surface area contributed by atoms with Gasteiger partial charge >= 0.3 is 6.18 Å². The van der Waals surface area contributed by atoms with Crippen LogP contribution in [0.3, 0.4) is 0 Å². The minimum absolute atomic E-state index is 0.0996. The molecule has 0 spiro atoms. The summed E-state index contributed by atoms with van der Waals surface area (Å²) in [5, 5.41) is 12.0. The molecule has 0 atom stereocenters. The zero-order valence-electron chi connectivity index (χ0n) is 21.2. The maximum atomic E-state index is 13.7. The van der Waals surface area contributed by atoms with E-state index in [9.17, 15) is 23.1 Å². The number of aliphatic hydroxyl groups excluding tert-OH is 1. The predicted octanol–water partition coefficient (Wildman–Crippen LogP) is 7.82. The van der Waals surface area contributed by atoms with Gasteiger partial charge in [0.2, 0.25) is 0 Å². The summed E-state index contributed by atoms with van der Waals surface area (Å²) < 4.78 is 47.1. The molecule has 8 heteroatoms. The van der Waals surface area contributed by atoms with Crippen molar-refractivity contribution in [2.24, 2.45) is 0 Å². The van der Waals surface area contributed by atoms with Crippen LogP contribution in [-0.4, -0.2) is 30.8 Å². The average Bonchev–Trinajstić information content (AvgIpc) is 2.91. The fourth-order valence-corrected chi connectivity index (χ4v) is 4.87. The summed E-state index contributed by atoms with van der Waals surface area (Å²) in [7, 11) is 0. The number of aliphatic hydroxyl groups is 1. The second-order valence-corrected chi connectivity index (χ2v) is 9.92. The van der Waals surface area contributed by atoms with Gasteiger partial charge in [-0.3, -0.25) is 4.79 Å². The number of aryl methyl sites for hydroxylation is 1. The van der Waals surface area contributed by atoms with Crippen LogP contribution in [0.2, 0.25) is 0 Å². The number of alkyl halides is 3. The first-order valence-corrected chi connectivity index (χ1v) is 13.7. The topological polar surface area (TPSA) is 58.6 Å². The van der Waals surface area contributed by atoms with Gasteiger partial charge in [0.05, 0.1) is 16.6 Å². The molecule has 3 rings (SSSR count). The van der Waals surface area contributed by atoms with Crippen LogP contribution in [0.1, 0.15) is 60.0 Å². The van der Waals surface area contributed by atoms with Gasteiger partial charge < -0.3 is 15.2 Å². The van der Waals surface area contributed by atoms with Gasteiger partial charge in [0.1, 0.15) is 12.4 Å². The Hall–Kier alpha value is -2.84. The van der Waals surface area contributed by atoms with Crippen LogP contribution in [0.25, 0.3) is 11.1 Å². The maximum absolute atomic E-state index is 13.7. The number of halogens is 4. The van der Waals surface area contributed by atoms with Crippen molar-refractivity contribution in [3.63, 3.8) is 0 Å². The molecule has 2 N–H and O–H groups in total. The Balaban J connectivity index is 1.57. The molecule has 0 radical (unpaired) electrons. The van der Waals surface area contributed by atoms with Gasteiger partial charge in [-0.05, 0) is 64.5 Å². The highest BCUT2D eigenvalue weighted by Gasteiger charge is 2.34. The zero-order valence-corrected chi connectivity index (χ0v) is 22.8. The quantitative estimate of drug-likeness (QED) is 0.188. The van der Waals surface area contributed by atoms with Crippen molar-refractivity contribution >= 4 is 21.8 Å². The molecule has 3 aromatic rings. The first-order chi connectivity index (χ1) is 18.3. The molecule has 38 heavy (non-hydrogen) atoms. The molecule has 0 aromatic heterocycles. The Labute approximate surface area is 230 Å². The number of carbonyl (C=O) groups excluding carboxylic acids is 1. The molecule has 0 unspecified atom stereocenters. The Morgan fingerprint density at radius 1 is 0.868 bits per heavy atom. The van der Waals surface area contributed by atoms with Crippen LogP contribution in [0.5, 0.6) is 5.75 Å². The predicted molar refractivity (Wildman–Crippen MR) is 147 cm³/mol. The van der Waals surface area contributed by atoms with Gasteiger partial charge in [0.15, 0.2) is 0 Å². The van der Waals surface area contributed by atoms with E-state index in [0.717, 1.165) is 44.6 Å². The molecule has 4 nitrogen and oxygen atoms in total. The molecule has 0 fully saturated rings. The van der Waals surface area contributed by atoms with E-state index in [1.807, 2.05) is 6.07 Å². The summed E-state index contributed by atoms with van der Waals surface area (Å²) in [5.41, 5.74) is 0.778. The van der Waals surface area contributed by atoms with Crippen LogP contribution in [-0.2, 0) is 12.6 Å². The van der Waals surface area contributed by atoms with Crippen molar-refractivity contribution in [2.45, 2.75) is 51.1 Å². The number of unbranched alkanes of at least 4 members (excludes halogenated alkanes) is 5. The molecule has 204 valence electrons. The lowest BCUT2D eigenvalue weighted by atomic mass is 9.96. The number of amides is 1. The van der Waals surface area contributed by atoms with Crippen LogP contribution in [0, 0.1) is 0 Å². The highest BCUT2D eigenvalue weighted by molar-refractivity contribution is 9.10. The molecule has 0 saturated heterocycles. The fraction of sp³-hybridized carbons (Fsp3) is 0.367. The van der Waals surface area contributed by atoms with Gasteiger partial charge in [0, 0.05) is 17.7 Å². The first kappa shape index (κ1) is 29.7. The normalized spacial score (nSPS) is 11.4. The molecular formula is C30H33BrF3NO3. The third-order valence-electron chi connectivity index (χ3n) is 6.19. The van der Waals surface area contributed by atoms with Crippen molar-refractivity contribution < 1.29 is 27.8 Å². The summed E-state index contributed by atoms with van der Waals surface area (Å²) in [4.78, 5) is 12.9. The van der Waals surface area contributed by atoms with E-state index in [4.69, 9.17) is 4.74 Å². The molecular weight excluding hydrogens is 559 g/mol. The largest absolute Gasteiger partial charge is 0.489 e. The summed E-state index contributed by atoms with van der Waals surface area (Å²) in [6.45, 7) is 0.0807. The van der Waals surface area contributed by atoms with Crippen molar-refractivity contribution in [1.29, 1.82) is 0 Å². The lowest BCUT2D eigenvalue weighted by Gasteiger charge is -2.18. The molecule has 3 aromatic carbocycles. The van der Waals surface area contributed by atoms with Gasteiger partial charge in [0.25, 0.3) is 5.91 Å². The standard InChI is InChI=1S/C30H33BrF3NO3/c31-27-21-23(29(37)35-17-11-4-2-1-3-6-12-22-13-7-5-8-14-22)20-25(28(27)38-19-18-36)24-15-9-10-16-26(24)30(32,33)34/h5,7-10,13-16,20-21,36H,1-4,6,11-12,17-19H2,(H,35,37). The van der Waals surface area contributed by atoms with Gasteiger partial charge in [-0.15, -0.1) is 0 Å². The SMILES string of the molecule is O=C(NCCCCCCCCc1ccccc1)c1cc(Br)c(OCCO)c(-c2ccccc2C(F)(F)F)c1. The van der Waals surface area contributed by atoms with E-state index in [2.05, 4.69) is 45.5 Å². The number of nitrogens with one attached hydrogen (secondary N) is 1. The smallest absolute Gasteiger partial charge is 0.417 e. The molecule has 1 amide bonds. The highest BCUT2D eigenvalue weighted by Crippen LogP contribution is 2.43. The van der Waals surface area contributed by atoms with Gasteiger partial charge in [-0.25, -0.2) is 0 Å². The zero-order chi connectivity index (χ0) is 27.4. The molecule has 0 aliphatic carbocycles. The Morgan fingerprint density at radius 3 is 2.24 bits per heavy atom.